The van der Waals surface area contributed by atoms with Crippen molar-refractivity contribution in [3.05, 3.63) is 31.8 Å². The first-order chi connectivity index (χ1) is 7.71. The Hall–Kier alpha value is -0.300. The van der Waals surface area contributed by atoms with Crippen molar-refractivity contribution < 1.29 is 9.90 Å². The number of amides is 1. The van der Waals surface area contributed by atoms with Crippen molar-refractivity contribution in [2.24, 2.45) is 0 Å². The number of hydrogen-bond acceptors (Lipinski definition) is 1. The van der Waals surface area contributed by atoms with Crippen molar-refractivity contribution in [3.63, 3.8) is 0 Å². The normalized spacial score (nSPS) is 11.4. The van der Waals surface area contributed by atoms with Gasteiger partial charge in [-0.1, -0.05) is 15.9 Å². The van der Waals surface area contributed by atoms with E-state index in [1.54, 1.807) is 0 Å². The first-order valence-corrected chi connectivity index (χ1v) is 7.03. The molecule has 94 valence electrons. The first-order valence-electron chi connectivity index (χ1n) is 5.16. The highest BCUT2D eigenvalue weighted by molar-refractivity contribution is 14.1. The molecule has 0 unspecified atom stereocenters. The molecule has 0 spiro atoms. The van der Waals surface area contributed by atoms with Crippen LogP contribution in [0.15, 0.2) is 22.7 Å². The average Bonchev–Trinajstić information content (AvgIpc) is 2.17. The van der Waals surface area contributed by atoms with Crippen LogP contribution in [-0.4, -0.2) is 21.6 Å². The molecular weight excluding hydrogens is 397 g/mol. The molecule has 0 radical (unpaired) electrons. The number of halogens is 2. The van der Waals surface area contributed by atoms with Crippen LogP contribution < -0.4 is 0 Å². The molecule has 5 heteroatoms. The summed E-state index contributed by atoms with van der Waals surface area (Å²) in [6.45, 7) is 6.06. The summed E-state index contributed by atoms with van der Waals surface area (Å²) in [4.78, 5) is 12.7. The van der Waals surface area contributed by atoms with E-state index < -0.39 is 11.6 Å². The second-order valence-corrected chi connectivity index (χ2v) is 6.88. The minimum absolute atomic E-state index is 0.385. The van der Waals surface area contributed by atoms with Gasteiger partial charge >= 0.3 is 6.09 Å². The minimum Gasteiger partial charge on any atom is -0.465 e. The molecule has 1 aromatic carbocycles. The predicted octanol–water partition coefficient (Wildman–Crippen LogP) is 4.33. The number of nitrogens with zero attached hydrogens (tertiary/aromatic N) is 1. The summed E-state index contributed by atoms with van der Waals surface area (Å²) >= 11 is 5.67. The molecule has 0 aliphatic rings. The first kappa shape index (κ1) is 14.8. The monoisotopic (exact) mass is 411 g/mol. The van der Waals surface area contributed by atoms with Crippen LogP contribution in [-0.2, 0) is 6.54 Å². The zero-order chi connectivity index (χ0) is 13.2. The lowest BCUT2D eigenvalue weighted by atomic mass is 10.1. The molecule has 0 saturated heterocycles. The Morgan fingerprint density at radius 3 is 2.53 bits per heavy atom. The summed E-state index contributed by atoms with van der Waals surface area (Å²) in [5.41, 5.74) is 0.571. The number of hydrogen-bond donors (Lipinski definition) is 1. The van der Waals surface area contributed by atoms with E-state index in [0.717, 1.165) is 13.6 Å². The maximum atomic E-state index is 11.3. The van der Waals surface area contributed by atoms with E-state index in [-0.39, 0.29) is 0 Å². The largest absolute Gasteiger partial charge is 0.465 e. The molecule has 1 N–H and O–H groups in total. The zero-order valence-corrected chi connectivity index (χ0v) is 13.7. The number of rotatable bonds is 2. The molecule has 0 atom stereocenters. The van der Waals surface area contributed by atoms with E-state index >= 15 is 0 Å². The summed E-state index contributed by atoms with van der Waals surface area (Å²) < 4.78 is 2.04. The summed E-state index contributed by atoms with van der Waals surface area (Å²) in [5.74, 6) is 0. The number of benzene rings is 1. The molecule has 0 aliphatic carbocycles. The molecule has 0 fully saturated rings. The highest BCUT2D eigenvalue weighted by atomic mass is 127. The molecule has 0 heterocycles. The molecule has 1 aromatic rings. The van der Waals surface area contributed by atoms with Crippen LogP contribution in [0.25, 0.3) is 0 Å². The summed E-state index contributed by atoms with van der Waals surface area (Å²) in [6, 6.07) is 5.92. The quantitative estimate of drug-likeness (QED) is 0.735. The molecule has 0 aliphatic heterocycles. The van der Waals surface area contributed by atoms with E-state index in [1.807, 2.05) is 39.0 Å². The van der Waals surface area contributed by atoms with Gasteiger partial charge in [0.25, 0.3) is 0 Å². The molecule has 1 rings (SSSR count). The fraction of sp³-hybridized carbons (Fsp3) is 0.417. The topological polar surface area (TPSA) is 40.5 Å². The molecule has 3 nitrogen and oxygen atoms in total. The SMILES string of the molecule is CC(C)(C)N(Cc1cc(I)ccc1Br)C(=O)O. The van der Waals surface area contributed by atoms with E-state index in [2.05, 4.69) is 38.5 Å². The van der Waals surface area contributed by atoms with Gasteiger partial charge in [-0.15, -0.1) is 0 Å². The van der Waals surface area contributed by atoms with Gasteiger partial charge in [-0.2, -0.15) is 0 Å². The second-order valence-electron chi connectivity index (χ2n) is 4.78. The second kappa shape index (κ2) is 5.56. The predicted molar refractivity (Wildman–Crippen MR) is 80.2 cm³/mol. The van der Waals surface area contributed by atoms with Crippen molar-refractivity contribution in [1.82, 2.24) is 4.90 Å². The summed E-state index contributed by atoms with van der Waals surface area (Å²) in [5, 5.41) is 9.24. The van der Waals surface area contributed by atoms with Gasteiger partial charge in [0.05, 0.1) is 6.54 Å². The number of carboxylic acid groups (broad SMARTS) is 1. The Labute approximate surface area is 123 Å². The van der Waals surface area contributed by atoms with Gasteiger partial charge in [0.2, 0.25) is 0 Å². The maximum absolute atomic E-state index is 11.3. The Morgan fingerprint density at radius 1 is 1.47 bits per heavy atom. The minimum atomic E-state index is -0.900. The highest BCUT2D eigenvalue weighted by Gasteiger charge is 2.26. The van der Waals surface area contributed by atoms with Gasteiger partial charge in [-0.25, -0.2) is 4.79 Å². The Morgan fingerprint density at radius 2 is 2.06 bits per heavy atom. The third-order valence-corrected chi connectivity index (χ3v) is 3.82. The Bertz CT molecular complexity index is 429. The number of carbonyl (C=O) groups is 1. The van der Waals surface area contributed by atoms with E-state index in [0.29, 0.717) is 6.54 Å². The van der Waals surface area contributed by atoms with Crippen LogP contribution in [0.2, 0.25) is 0 Å². The summed E-state index contributed by atoms with van der Waals surface area (Å²) in [6.07, 6.45) is -0.900. The van der Waals surface area contributed by atoms with E-state index in [1.165, 1.54) is 4.90 Å². The maximum Gasteiger partial charge on any atom is 0.408 e. The van der Waals surface area contributed by atoms with Gasteiger partial charge in [-0.3, -0.25) is 4.90 Å². The van der Waals surface area contributed by atoms with Gasteiger partial charge in [-0.05, 0) is 67.1 Å². The van der Waals surface area contributed by atoms with E-state index in [4.69, 9.17) is 0 Å². The Balaban J connectivity index is 3.02. The lowest BCUT2D eigenvalue weighted by Crippen LogP contribution is -2.44. The van der Waals surface area contributed by atoms with Crippen LogP contribution in [0.4, 0.5) is 4.79 Å². The fourth-order valence-corrected chi connectivity index (χ4v) is 2.35. The van der Waals surface area contributed by atoms with Gasteiger partial charge in [0.1, 0.15) is 0 Å². The molecule has 0 saturated carbocycles. The van der Waals surface area contributed by atoms with Crippen molar-refractivity contribution in [1.29, 1.82) is 0 Å². The van der Waals surface area contributed by atoms with E-state index in [9.17, 15) is 9.90 Å². The van der Waals surface area contributed by atoms with Crippen LogP contribution in [0.3, 0.4) is 0 Å². The lowest BCUT2D eigenvalue weighted by molar-refractivity contribution is 0.0954. The third-order valence-electron chi connectivity index (χ3n) is 2.38. The fourth-order valence-electron chi connectivity index (χ4n) is 1.43. The lowest BCUT2D eigenvalue weighted by Gasteiger charge is -2.33. The van der Waals surface area contributed by atoms with Gasteiger partial charge in [0.15, 0.2) is 0 Å². The molecular formula is C12H15BrINO2. The van der Waals surface area contributed by atoms with Gasteiger partial charge < -0.3 is 5.11 Å². The third kappa shape index (κ3) is 4.13. The smallest absolute Gasteiger partial charge is 0.408 e. The van der Waals surface area contributed by atoms with Crippen molar-refractivity contribution in [3.8, 4) is 0 Å². The zero-order valence-electron chi connectivity index (χ0n) is 10.00. The highest BCUT2D eigenvalue weighted by Crippen LogP contribution is 2.24. The Kier molecular flexibility index (Phi) is 4.83. The van der Waals surface area contributed by atoms with Crippen molar-refractivity contribution in [2.45, 2.75) is 32.9 Å². The van der Waals surface area contributed by atoms with Crippen molar-refractivity contribution in [2.75, 3.05) is 0 Å². The summed E-state index contributed by atoms with van der Waals surface area (Å²) in [7, 11) is 0. The van der Waals surface area contributed by atoms with Crippen LogP contribution in [0, 0.1) is 3.57 Å². The molecule has 0 bridgehead atoms. The molecule has 0 aromatic heterocycles. The van der Waals surface area contributed by atoms with Crippen LogP contribution in [0.1, 0.15) is 26.3 Å². The van der Waals surface area contributed by atoms with Crippen LogP contribution >= 0.6 is 38.5 Å². The molecule has 17 heavy (non-hydrogen) atoms. The van der Waals surface area contributed by atoms with Crippen molar-refractivity contribution >= 4 is 44.6 Å². The molecule has 1 amide bonds. The standard InChI is InChI=1S/C12H15BrINO2/c1-12(2,3)15(11(16)17)7-8-6-9(14)4-5-10(8)13/h4-6H,7H2,1-3H3,(H,16,17). The van der Waals surface area contributed by atoms with Gasteiger partial charge in [0, 0.05) is 13.6 Å². The average molecular weight is 412 g/mol. The van der Waals surface area contributed by atoms with Crippen LogP contribution in [0.5, 0.6) is 0 Å².